The molecular formula is C12H17FN2O3S. The number of nitrogens with two attached hydrogens (primary N) is 1. The lowest BCUT2D eigenvalue weighted by Crippen LogP contribution is -2.32. The van der Waals surface area contributed by atoms with Gasteiger partial charge in [-0.15, -0.1) is 0 Å². The van der Waals surface area contributed by atoms with Gasteiger partial charge in [0.1, 0.15) is 10.7 Å². The maximum Gasteiger partial charge on any atom is 0.242 e. The Morgan fingerprint density at radius 3 is 2.89 bits per heavy atom. The van der Waals surface area contributed by atoms with Gasteiger partial charge in [-0.1, -0.05) is 0 Å². The molecule has 106 valence electrons. The fourth-order valence-corrected chi connectivity index (χ4v) is 3.31. The second kappa shape index (κ2) is 5.44. The van der Waals surface area contributed by atoms with Crippen LogP contribution in [0.2, 0.25) is 0 Å². The van der Waals surface area contributed by atoms with Crippen molar-refractivity contribution in [1.82, 2.24) is 4.72 Å². The minimum absolute atomic E-state index is 0.0209. The molecule has 0 amide bonds. The first-order valence-electron chi connectivity index (χ1n) is 6.06. The molecule has 0 bridgehead atoms. The Labute approximate surface area is 112 Å². The molecule has 1 saturated heterocycles. The summed E-state index contributed by atoms with van der Waals surface area (Å²) in [5.74, 6) is -0.503. The van der Waals surface area contributed by atoms with Gasteiger partial charge in [0, 0.05) is 19.1 Å². The van der Waals surface area contributed by atoms with Crippen molar-refractivity contribution in [1.29, 1.82) is 0 Å². The number of ether oxygens (including phenoxy) is 1. The van der Waals surface area contributed by atoms with E-state index in [4.69, 9.17) is 10.5 Å². The Hall–Kier alpha value is -1.18. The quantitative estimate of drug-likeness (QED) is 0.813. The van der Waals surface area contributed by atoms with Crippen LogP contribution in [-0.4, -0.2) is 27.7 Å². The van der Waals surface area contributed by atoms with Gasteiger partial charge in [0.2, 0.25) is 10.0 Å². The lowest BCUT2D eigenvalue weighted by atomic mass is 10.0. The number of hydrogen-bond acceptors (Lipinski definition) is 4. The van der Waals surface area contributed by atoms with Crippen LogP contribution >= 0.6 is 0 Å². The first kappa shape index (κ1) is 14.2. The molecular weight excluding hydrogens is 271 g/mol. The van der Waals surface area contributed by atoms with Gasteiger partial charge in [-0.25, -0.2) is 17.5 Å². The molecule has 1 aromatic rings. The molecule has 5 nitrogen and oxygen atoms in total. The van der Waals surface area contributed by atoms with E-state index in [-0.39, 0.29) is 29.1 Å². The third-order valence-electron chi connectivity index (χ3n) is 3.33. The van der Waals surface area contributed by atoms with E-state index in [0.717, 1.165) is 18.6 Å². The molecule has 2 atom stereocenters. The third-order valence-corrected chi connectivity index (χ3v) is 4.81. The van der Waals surface area contributed by atoms with Crippen LogP contribution in [0.15, 0.2) is 23.1 Å². The van der Waals surface area contributed by atoms with E-state index >= 15 is 0 Å². The fourth-order valence-electron chi connectivity index (χ4n) is 2.08. The summed E-state index contributed by atoms with van der Waals surface area (Å²) in [5.41, 5.74) is 5.61. The van der Waals surface area contributed by atoms with E-state index in [2.05, 4.69) is 4.72 Å². The number of anilines is 1. The van der Waals surface area contributed by atoms with Crippen molar-refractivity contribution in [2.75, 3.05) is 18.9 Å². The minimum atomic E-state index is -3.79. The van der Waals surface area contributed by atoms with Crippen LogP contribution in [0, 0.1) is 11.7 Å². The van der Waals surface area contributed by atoms with Gasteiger partial charge in [-0.2, -0.15) is 0 Å². The molecule has 3 N–H and O–H groups in total. The van der Waals surface area contributed by atoms with E-state index in [1.807, 2.05) is 6.92 Å². The summed E-state index contributed by atoms with van der Waals surface area (Å²) in [6, 6.07) is 3.29. The van der Waals surface area contributed by atoms with E-state index in [0.29, 0.717) is 6.61 Å². The highest BCUT2D eigenvalue weighted by Gasteiger charge is 2.26. The van der Waals surface area contributed by atoms with Crippen molar-refractivity contribution in [3.63, 3.8) is 0 Å². The zero-order chi connectivity index (χ0) is 14.0. The minimum Gasteiger partial charge on any atom is -0.398 e. The SMILES string of the molecule is CC1OCCC1CNS(=O)(=O)c1cc(F)ccc1N. The third kappa shape index (κ3) is 3.23. The summed E-state index contributed by atoms with van der Waals surface area (Å²) < 4.78 is 45.1. The molecule has 1 aromatic carbocycles. The van der Waals surface area contributed by atoms with Crippen LogP contribution in [0.5, 0.6) is 0 Å². The van der Waals surface area contributed by atoms with Crippen LogP contribution in [0.4, 0.5) is 10.1 Å². The molecule has 1 aliphatic rings. The van der Waals surface area contributed by atoms with Gasteiger partial charge < -0.3 is 10.5 Å². The normalized spacial score (nSPS) is 23.7. The molecule has 1 heterocycles. The molecule has 0 aromatic heterocycles. The summed E-state index contributed by atoms with van der Waals surface area (Å²) in [5, 5.41) is 0. The van der Waals surface area contributed by atoms with Crippen LogP contribution in [0.1, 0.15) is 13.3 Å². The van der Waals surface area contributed by atoms with Crippen LogP contribution < -0.4 is 10.5 Å². The van der Waals surface area contributed by atoms with Gasteiger partial charge in [0.25, 0.3) is 0 Å². The summed E-state index contributed by atoms with van der Waals surface area (Å²) >= 11 is 0. The Bertz CT molecular complexity index is 562. The smallest absolute Gasteiger partial charge is 0.242 e. The summed E-state index contributed by atoms with van der Waals surface area (Å²) in [4.78, 5) is -0.223. The lowest BCUT2D eigenvalue weighted by Gasteiger charge is -2.15. The summed E-state index contributed by atoms with van der Waals surface area (Å²) in [6.07, 6.45) is 0.829. The van der Waals surface area contributed by atoms with E-state index in [1.54, 1.807) is 0 Å². The average molecular weight is 288 g/mol. The molecule has 0 saturated carbocycles. The molecule has 2 unspecified atom stereocenters. The van der Waals surface area contributed by atoms with Crippen molar-refractivity contribution in [3.8, 4) is 0 Å². The Morgan fingerprint density at radius 2 is 2.26 bits per heavy atom. The molecule has 1 fully saturated rings. The van der Waals surface area contributed by atoms with Crippen LogP contribution in [-0.2, 0) is 14.8 Å². The lowest BCUT2D eigenvalue weighted by molar-refractivity contribution is 0.107. The maximum absolute atomic E-state index is 13.1. The molecule has 0 spiro atoms. The second-order valence-electron chi connectivity index (χ2n) is 4.66. The van der Waals surface area contributed by atoms with Crippen molar-refractivity contribution in [3.05, 3.63) is 24.0 Å². The monoisotopic (exact) mass is 288 g/mol. The van der Waals surface area contributed by atoms with E-state index < -0.39 is 15.8 Å². The first-order valence-corrected chi connectivity index (χ1v) is 7.55. The highest BCUT2D eigenvalue weighted by Crippen LogP contribution is 2.22. The number of benzene rings is 1. The molecule has 7 heteroatoms. The van der Waals surface area contributed by atoms with Crippen molar-refractivity contribution >= 4 is 15.7 Å². The average Bonchev–Trinajstić information content (AvgIpc) is 2.75. The second-order valence-corrected chi connectivity index (χ2v) is 6.39. The Balaban J connectivity index is 2.12. The number of sulfonamides is 1. The van der Waals surface area contributed by atoms with Crippen LogP contribution in [0.3, 0.4) is 0 Å². The number of halogens is 1. The zero-order valence-corrected chi connectivity index (χ0v) is 11.4. The number of nitrogen functional groups attached to an aromatic ring is 1. The van der Waals surface area contributed by atoms with Gasteiger partial charge in [0.05, 0.1) is 11.8 Å². The van der Waals surface area contributed by atoms with Crippen molar-refractivity contribution in [2.45, 2.75) is 24.3 Å². The number of hydrogen-bond donors (Lipinski definition) is 2. The van der Waals surface area contributed by atoms with Crippen molar-refractivity contribution < 1.29 is 17.5 Å². The molecule has 1 aliphatic heterocycles. The van der Waals surface area contributed by atoms with Gasteiger partial charge in [-0.3, -0.25) is 0 Å². The Morgan fingerprint density at radius 1 is 1.53 bits per heavy atom. The first-order chi connectivity index (χ1) is 8.90. The summed E-state index contributed by atoms with van der Waals surface area (Å²) in [6.45, 7) is 2.80. The fraction of sp³-hybridized carbons (Fsp3) is 0.500. The highest BCUT2D eigenvalue weighted by atomic mass is 32.2. The molecule has 0 aliphatic carbocycles. The Kier molecular flexibility index (Phi) is 4.07. The maximum atomic E-state index is 13.1. The van der Waals surface area contributed by atoms with Crippen molar-refractivity contribution in [2.24, 2.45) is 5.92 Å². The molecule has 19 heavy (non-hydrogen) atoms. The van der Waals surface area contributed by atoms with E-state index in [9.17, 15) is 12.8 Å². The van der Waals surface area contributed by atoms with Gasteiger partial charge in [0.15, 0.2) is 0 Å². The molecule has 2 rings (SSSR count). The predicted molar refractivity (Wildman–Crippen MR) is 69.5 cm³/mol. The number of nitrogens with one attached hydrogen (secondary N) is 1. The van der Waals surface area contributed by atoms with E-state index in [1.165, 1.54) is 6.07 Å². The van der Waals surface area contributed by atoms with Gasteiger partial charge >= 0.3 is 0 Å². The molecule has 0 radical (unpaired) electrons. The van der Waals surface area contributed by atoms with Crippen LogP contribution in [0.25, 0.3) is 0 Å². The number of rotatable bonds is 4. The van der Waals surface area contributed by atoms with Gasteiger partial charge in [-0.05, 0) is 31.5 Å². The predicted octanol–water partition coefficient (Wildman–Crippen LogP) is 1.11. The topological polar surface area (TPSA) is 81.4 Å². The highest BCUT2D eigenvalue weighted by molar-refractivity contribution is 7.89. The standard InChI is InChI=1S/C12H17FN2O3S/c1-8-9(4-5-18-8)7-15-19(16,17)12-6-10(13)2-3-11(12)14/h2-3,6,8-9,15H,4-5,7,14H2,1H3. The largest absolute Gasteiger partial charge is 0.398 e. The summed E-state index contributed by atoms with van der Waals surface area (Å²) in [7, 11) is -3.79. The zero-order valence-electron chi connectivity index (χ0n) is 10.6.